The highest BCUT2D eigenvalue weighted by Crippen LogP contribution is 2.30. The first-order valence-electron chi connectivity index (χ1n) is 9.92. The lowest BCUT2D eigenvalue weighted by atomic mass is 9.94. The molecule has 0 spiro atoms. The van der Waals surface area contributed by atoms with Crippen molar-refractivity contribution in [2.24, 2.45) is 0 Å². The second kappa shape index (κ2) is 10.9. The quantitative estimate of drug-likeness (QED) is 0.196. The largest absolute Gasteiger partial charge is 0.394 e. The maximum absolute atomic E-state index is 11.9. The third kappa shape index (κ3) is 5.41. The second-order valence-corrected chi connectivity index (χ2v) is 7.67. The summed E-state index contributed by atoms with van der Waals surface area (Å²) in [6.45, 7) is 1.72. The van der Waals surface area contributed by atoms with Crippen molar-refractivity contribution in [3.63, 3.8) is 0 Å². The van der Waals surface area contributed by atoms with Crippen LogP contribution in [0, 0.1) is 0 Å². The number of nitrogens with zero attached hydrogens (tertiary/aromatic N) is 1. The van der Waals surface area contributed by atoms with Crippen molar-refractivity contribution in [3.05, 3.63) is 0 Å². The molecule has 2 heterocycles. The Morgan fingerprint density at radius 2 is 1.44 bits per heavy atom. The lowest BCUT2D eigenvalue weighted by molar-refractivity contribution is -0.332. The molecule has 2 aliphatic heterocycles. The summed E-state index contributed by atoms with van der Waals surface area (Å²) in [4.78, 5) is 36.0. The molecule has 2 aliphatic rings. The number of ether oxygens (including phenoxy) is 3. The number of carbonyl (C=O) groups excluding carboxylic acids is 3. The average molecular weight is 466 g/mol. The van der Waals surface area contributed by atoms with Gasteiger partial charge in [-0.25, -0.2) is 0 Å². The Morgan fingerprint density at radius 3 is 1.91 bits per heavy atom. The van der Waals surface area contributed by atoms with E-state index in [-0.39, 0.29) is 0 Å². The molecule has 184 valence electrons. The van der Waals surface area contributed by atoms with E-state index in [4.69, 9.17) is 14.2 Å². The number of carbonyl (C=O) groups is 3. The Morgan fingerprint density at radius 1 is 0.875 bits per heavy atom. The molecule has 7 N–H and O–H groups in total. The predicted octanol–water partition coefficient (Wildman–Crippen LogP) is -4.85. The molecular formula is C18H30N2O12. The molecule has 0 bridgehead atoms. The number of hydrogen-bond donors (Lipinski definition) is 7. The highest BCUT2D eigenvalue weighted by molar-refractivity contribution is 5.93. The molecule has 0 aromatic rings. The zero-order chi connectivity index (χ0) is 24.3. The van der Waals surface area contributed by atoms with Crippen molar-refractivity contribution in [3.8, 4) is 0 Å². The monoisotopic (exact) mass is 466 g/mol. The number of rotatable bonds is 6. The van der Waals surface area contributed by atoms with Gasteiger partial charge in [0.1, 0.15) is 48.7 Å². The third-order valence-corrected chi connectivity index (χ3v) is 5.36. The predicted molar refractivity (Wildman–Crippen MR) is 101 cm³/mol. The number of amides is 3. The van der Waals surface area contributed by atoms with Gasteiger partial charge >= 0.3 is 0 Å². The van der Waals surface area contributed by atoms with Gasteiger partial charge in [-0.15, -0.1) is 0 Å². The standard InChI is InChI=1S/C18H30N2O12/c1-6(23)19-11-14(27)13(26)9(4-21)31-18(11)32-16-10(5-22)30-17(29)12(15(16)28)20(7(2)24)8(3)25/h9-18,21-22,26-29H,4-5H2,1-3H3,(H,19,23)/t9-,10-,11-,12-,13-,14-,15-,16-,17-,18+/m1/s1. The van der Waals surface area contributed by atoms with E-state index in [1.165, 1.54) is 0 Å². The van der Waals surface area contributed by atoms with Crippen LogP contribution in [0.4, 0.5) is 0 Å². The number of hydrogen-bond acceptors (Lipinski definition) is 12. The molecule has 0 radical (unpaired) electrons. The summed E-state index contributed by atoms with van der Waals surface area (Å²) in [5, 5.41) is 63.1. The highest BCUT2D eigenvalue weighted by atomic mass is 16.7. The van der Waals surface area contributed by atoms with E-state index in [2.05, 4.69) is 5.32 Å². The zero-order valence-corrected chi connectivity index (χ0v) is 17.8. The minimum absolute atomic E-state index is 0.571. The summed E-state index contributed by atoms with van der Waals surface area (Å²) < 4.78 is 16.4. The van der Waals surface area contributed by atoms with Gasteiger partial charge in [-0.05, 0) is 0 Å². The van der Waals surface area contributed by atoms with Crippen LogP contribution in [0.3, 0.4) is 0 Å². The lowest BCUT2D eigenvalue weighted by Crippen LogP contribution is -2.69. The number of nitrogens with one attached hydrogen (secondary N) is 1. The van der Waals surface area contributed by atoms with E-state index in [1.807, 2.05) is 0 Å². The maximum Gasteiger partial charge on any atom is 0.226 e. The van der Waals surface area contributed by atoms with Crippen LogP contribution in [0.5, 0.6) is 0 Å². The molecule has 10 atom stereocenters. The smallest absolute Gasteiger partial charge is 0.226 e. The molecule has 0 unspecified atom stereocenters. The van der Waals surface area contributed by atoms with Gasteiger partial charge in [0.05, 0.1) is 13.2 Å². The SMILES string of the molecule is CC(=O)N[C@H]1[C@H](O[C@H]2[C@H](O)[C@@H](N(C(C)=O)C(C)=O)[C@H](O)O[C@@H]2CO)O[C@H](CO)[C@@H](O)[C@@H]1O. The van der Waals surface area contributed by atoms with Gasteiger partial charge in [0.15, 0.2) is 12.6 Å². The van der Waals surface area contributed by atoms with E-state index >= 15 is 0 Å². The molecule has 2 saturated heterocycles. The summed E-state index contributed by atoms with van der Waals surface area (Å²) >= 11 is 0. The van der Waals surface area contributed by atoms with Crippen LogP contribution < -0.4 is 5.32 Å². The van der Waals surface area contributed by atoms with Crippen LogP contribution in [0.15, 0.2) is 0 Å². The van der Waals surface area contributed by atoms with E-state index in [1.54, 1.807) is 0 Å². The molecule has 0 saturated carbocycles. The molecule has 14 heteroatoms. The third-order valence-electron chi connectivity index (χ3n) is 5.36. The molecule has 14 nitrogen and oxygen atoms in total. The normalized spacial score (nSPS) is 39.9. The Kier molecular flexibility index (Phi) is 9.04. The van der Waals surface area contributed by atoms with Gasteiger partial charge in [-0.2, -0.15) is 0 Å². The zero-order valence-electron chi connectivity index (χ0n) is 17.8. The summed E-state index contributed by atoms with van der Waals surface area (Å²) in [7, 11) is 0. The van der Waals surface area contributed by atoms with E-state index in [0.29, 0.717) is 4.90 Å². The minimum atomic E-state index is -1.86. The first-order chi connectivity index (χ1) is 14.9. The molecule has 2 rings (SSSR count). The summed E-state index contributed by atoms with van der Waals surface area (Å²) in [5.41, 5.74) is 0. The first-order valence-corrected chi connectivity index (χ1v) is 9.92. The van der Waals surface area contributed by atoms with Gasteiger partial charge in [0.2, 0.25) is 17.7 Å². The fourth-order valence-electron chi connectivity index (χ4n) is 3.90. The maximum atomic E-state index is 11.9. The summed E-state index contributed by atoms with van der Waals surface area (Å²) in [5.74, 6) is -2.21. The summed E-state index contributed by atoms with van der Waals surface area (Å²) in [6.07, 6.45) is -12.7. The van der Waals surface area contributed by atoms with Crippen molar-refractivity contribution in [2.45, 2.75) is 82.1 Å². The fraction of sp³-hybridized carbons (Fsp3) is 0.833. The van der Waals surface area contributed by atoms with Gasteiger partial charge in [0, 0.05) is 20.8 Å². The van der Waals surface area contributed by atoms with Crippen LogP contribution in [-0.4, -0.2) is 128 Å². The van der Waals surface area contributed by atoms with Crippen molar-refractivity contribution < 1.29 is 59.2 Å². The lowest BCUT2D eigenvalue weighted by Gasteiger charge is -2.48. The van der Waals surface area contributed by atoms with Gasteiger partial charge < -0.3 is 50.2 Å². The molecule has 0 aromatic carbocycles. The van der Waals surface area contributed by atoms with Gasteiger partial charge in [0.25, 0.3) is 0 Å². The fourth-order valence-corrected chi connectivity index (χ4v) is 3.90. The Labute approximate surface area is 183 Å². The summed E-state index contributed by atoms with van der Waals surface area (Å²) in [6, 6.07) is -2.97. The first kappa shape index (κ1) is 26.5. The number of imide groups is 1. The van der Waals surface area contributed by atoms with Gasteiger partial charge in [-0.3, -0.25) is 19.3 Å². The van der Waals surface area contributed by atoms with Crippen molar-refractivity contribution in [1.29, 1.82) is 0 Å². The van der Waals surface area contributed by atoms with E-state index in [0.717, 1.165) is 20.8 Å². The van der Waals surface area contributed by atoms with Crippen molar-refractivity contribution in [1.82, 2.24) is 10.2 Å². The van der Waals surface area contributed by atoms with Crippen LogP contribution in [0.2, 0.25) is 0 Å². The molecule has 0 aromatic heterocycles. The van der Waals surface area contributed by atoms with Crippen molar-refractivity contribution >= 4 is 17.7 Å². The molecular weight excluding hydrogens is 436 g/mol. The van der Waals surface area contributed by atoms with E-state index in [9.17, 15) is 45.0 Å². The average Bonchev–Trinajstić information content (AvgIpc) is 2.71. The molecule has 0 aliphatic carbocycles. The molecule has 3 amide bonds. The van der Waals surface area contributed by atoms with Crippen LogP contribution in [0.1, 0.15) is 20.8 Å². The van der Waals surface area contributed by atoms with Gasteiger partial charge in [-0.1, -0.05) is 0 Å². The minimum Gasteiger partial charge on any atom is -0.394 e. The van der Waals surface area contributed by atoms with E-state index < -0.39 is 92.2 Å². The number of aliphatic hydroxyl groups excluding tert-OH is 6. The number of aliphatic hydroxyl groups is 6. The Balaban J connectivity index is 2.37. The second-order valence-electron chi connectivity index (χ2n) is 7.67. The van der Waals surface area contributed by atoms with Crippen molar-refractivity contribution in [2.75, 3.05) is 13.2 Å². The highest BCUT2D eigenvalue weighted by Gasteiger charge is 2.53. The molecule has 2 fully saturated rings. The topological polar surface area (TPSA) is 216 Å². The Bertz CT molecular complexity index is 679. The van der Waals surface area contributed by atoms with Crippen LogP contribution in [-0.2, 0) is 28.6 Å². The Hall–Kier alpha value is -1.75. The van der Waals surface area contributed by atoms with Crippen LogP contribution >= 0.6 is 0 Å². The van der Waals surface area contributed by atoms with Crippen LogP contribution in [0.25, 0.3) is 0 Å². The molecule has 32 heavy (non-hydrogen) atoms.